The first-order valence-electron chi connectivity index (χ1n) is 4.70. The molecule has 0 aliphatic rings. The minimum atomic E-state index is -1.14. The van der Waals surface area contributed by atoms with Gasteiger partial charge in [-0.05, 0) is 19.1 Å². The maximum atomic E-state index is 12.9. The minimum absolute atomic E-state index is 0.0328. The lowest BCUT2D eigenvalue weighted by Crippen LogP contribution is -2.04. The highest BCUT2D eigenvalue weighted by Gasteiger charge is 2.11. The normalized spacial score (nSPS) is 9.12. The van der Waals surface area contributed by atoms with Crippen LogP contribution in [0.3, 0.4) is 0 Å². The minimum Gasteiger partial charge on any atom is -0.492 e. The van der Waals surface area contributed by atoms with E-state index in [0.29, 0.717) is 6.42 Å². The third kappa shape index (κ3) is 3.28. The van der Waals surface area contributed by atoms with Crippen LogP contribution in [0.4, 0.5) is 4.39 Å². The lowest BCUT2D eigenvalue weighted by molar-refractivity contribution is 0.0692. The van der Waals surface area contributed by atoms with E-state index in [1.54, 1.807) is 6.92 Å². The second kappa shape index (κ2) is 5.76. The molecule has 0 aromatic heterocycles. The van der Waals surface area contributed by atoms with Crippen LogP contribution in [0.2, 0.25) is 0 Å². The fraction of sp³-hybridized carbons (Fsp3) is 0.250. The Labute approximate surface area is 92.9 Å². The van der Waals surface area contributed by atoms with Crippen LogP contribution in [-0.4, -0.2) is 17.7 Å². The molecule has 1 aromatic carbocycles. The molecule has 1 N–H and O–H groups in total. The standard InChI is InChI=1S/C12H11FO3/c1-2-3-4-7-16-11-8-9(13)5-6-10(11)12(14)15/h5-6,8H,4,7H2,1H3,(H,14,15). The number of rotatable bonds is 4. The predicted octanol–water partition coefficient (Wildman–Crippen LogP) is 2.32. The molecule has 0 fully saturated rings. The number of carboxylic acids is 1. The zero-order chi connectivity index (χ0) is 12.0. The largest absolute Gasteiger partial charge is 0.492 e. The summed E-state index contributed by atoms with van der Waals surface area (Å²) in [6.45, 7) is 1.94. The van der Waals surface area contributed by atoms with Crippen molar-refractivity contribution in [3.8, 4) is 17.6 Å². The van der Waals surface area contributed by atoms with E-state index in [1.165, 1.54) is 6.07 Å². The zero-order valence-corrected chi connectivity index (χ0v) is 8.79. The highest BCUT2D eigenvalue weighted by molar-refractivity contribution is 5.90. The van der Waals surface area contributed by atoms with E-state index in [9.17, 15) is 9.18 Å². The van der Waals surface area contributed by atoms with Crippen molar-refractivity contribution in [1.29, 1.82) is 0 Å². The Hall–Kier alpha value is -2.02. The summed E-state index contributed by atoms with van der Waals surface area (Å²) in [5.41, 5.74) is -0.0501. The van der Waals surface area contributed by atoms with Gasteiger partial charge in [-0.3, -0.25) is 0 Å². The van der Waals surface area contributed by atoms with E-state index in [0.717, 1.165) is 12.1 Å². The van der Waals surface area contributed by atoms with E-state index >= 15 is 0 Å². The Kier molecular flexibility index (Phi) is 4.34. The van der Waals surface area contributed by atoms with Gasteiger partial charge in [-0.2, -0.15) is 0 Å². The summed E-state index contributed by atoms with van der Waals surface area (Å²) in [6, 6.07) is 3.32. The lowest BCUT2D eigenvalue weighted by Gasteiger charge is -2.07. The summed E-state index contributed by atoms with van der Waals surface area (Å²) in [7, 11) is 0. The van der Waals surface area contributed by atoms with Gasteiger partial charge in [0.1, 0.15) is 17.1 Å². The summed E-state index contributed by atoms with van der Waals surface area (Å²) < 4.78 is 18.0. The highest BCUT2D eigenvalue weighted by Crippen LogP contribution is 2.20. The van der Waals surface area contributed by atoms with Crippen LogP contribution in [0.15, 0.2) is 18.2 Å². The molecule has 0 saturated carbocycles. The quantitative estimate of drug-likeness (QED) is 0.628. The Morgan fingerprint density at radius 2 is 2.31 bits per heavy atom. The monoisotopic (exact) mass is 222 g/mol. The summed E-state index contributed by atoms with van der Waals surface area (Å²) in [4.78, 5) is 10.8. The lowest BCUT2D eigenvalue weighted by atomic mass is 10.2. The van der Waals surface area contributed by atoms with Gasteiger partial charge in [0.05, 0.1) is 6.61 Å². The van der Waals surface area contributed by atoms with Crippen LogP contribution < -0.4 is 4.74 Å². The number of halogens is 1. The Balaban J connectivity index is 2.78. The van der Waals surface area contributed by atoms with Gasteiger partial charge < -0.3 is 9.84 Å². The molecular weight excluding hydrogens is 211 g/mol. The molecule has 4 heteroatoms. The van der Waals surface area contributed by atoms with Gasteiger partial charge in [0.25, 0.3) is 0 Å². The third-order valence-corrected chi connectivity index (χ3v) is 1.84. The van der Waals surface area contributed by atoms with Crippen molar-refractivity contribution >= 4 is 5.97 Å². The van der Waals surface area contributed by atoms with Crippen molar-refractivity contribution in [3.05, 3.63) is 29.6 Å². The average molecular weight is 222 g/mol. The first-order valence-corrected chi connectivity index (χ1v) is 4.70. The number of carbonyl (C=O) groups is 1. The first-order chi connectivity index (χ1) is 7.65. The van der Waals surface area contributed by atoms with Crippen molar-refractivity contribution in [2.75, 3.05) is 6.61 Å². The predicted molar refractivity (Wildman–Crippen MR) is 56.9 cm³/mol. The topological polar surface area (TPSA) is 46.5 Å². The molecule has 1 aromatic rings. The Morgan fingerprint density at radius 3 is 2.94 bits per heavy atom. The van der Waals surface area contributed by atoms with Crippen molar-refractivity contribution in [1.82, 2.24) is 0 Å². The third-order valence-electron chi connectivity index (χ3n) is 1.84. The smallest absolute Gasteiger partial charge is 0.339 e. The van der Waals surface area contributed by atoms with E-state index in [4.69, 9.17) is 9.84 Å². The fourth-order valence-corrected chi connectivity index (χ4v) is 1.13. The van der Waals surface area contributed by atoms with E-state index in [2.05, 4.69) is 11.8 Å². The maximum absolute atomic E-state index is 12.9. The summed E-state index contributed by atoms with van der Waals surface area (Å²) in [6.07, 6.45) is 0.478. The van der Waals surface area contributed by atoms with Crippen LogP contribution in [0, 0.1) is 17.7 Å². The molecule has 84 valence electrons. The molecule has 3 nitrogen and oxygen atoms in total. The second-order valence-electron chi connectivity index (χ2n) is 2.97. The number of carboxylic acid groups (broad SMARTS) is 1. The summed E-state index contributed by atoms with van der Waals surface area (Å²) >= 11 is 0. The number of aromatic carboxylic acids is 1. The molecule has 1 rings (SSSR count). The van der Waals surface area contributed by atoms with Crippen molar-refractivity contribution < 1.29 is 19.0 Å². The number of hydrogen-bond donors (Lipinski definition) is 1. The van der Waals surface area contributed by atoms with E-state index in [1.807, 2.05) is 0 Å². The first kappa shape index (κ1) is 12.1. The maximum Gasteiger partial charge on any atom is 0.339 e. The molecular formula is C12H11FO3. The van der Waals surface area contributed by atoms with E-state index in [-0.39, 0.29) is 17.9 Å². The van der Waals surface area contributed by atoms with Crippen molar-refractivity contribution in [2.24, 2.45) is 0 Å². The van der Waals surface area contributed by atoms with Gasteiger partial charge in [0, 0.05) is 12.5 Å². The SMILES string of the molecule is CC#CCCOc1cc(F)ccc1C(=O)O. The molecule has 0 unspecified atom stereocenters. The molecule has 0 bridgehead atoms. The number of hydrogen-bond acceptors (Lipinski definition) is 2. The van der Waals surface area contributed by atoms with Crippen LogP contribution in [0.1, 0.15) is 23.7 Å². The van der Waals surface area contributed by atoms with Crippen LogP contribution in [-0.2, 0) is 0 Å². The van der Waals surface area contributed by atoms with Crippen molar-refractivity contribution in [3.63, 3.8) is 0 Å². The van der Waals surface area contributed by atoms with Gasteiger partial charge >= 0.3 is 5.97 Å². The second-order valence-corrected chi connectivity index (χ2v) is 2.97. The molecule has 0 atom stereocenters. The summed E-state index contributed by atoms with van der Waals surface area (Å²) in [5.74, 6) is 3.81. The average Bonchev–Trinajstić information content (AvgIpc) is 2.24. The van der Waals surface area contributed by atoms with Crippen molar-refractivity contribution in [2.45, 2.75) is 13.3 Å². The molecule has 0 aliphatic carbocycles. The number of benzene rings is 1. The van der Waals surface area contributed by atoms with Crippen LogP contribution >= 0.6 is 0 Å². The Bertz CT molecular complexity index is 443. The van der Waals surface area contributed by atoms with Crippen LogP contribution in [0.5, 0.6) is 5.75 Å². The highest BCUT2D eigenvalue weighted by atomic mass is 19.1. The summed E-state index contributed by atoms with van der Waals surface area (Å²) in [5, 5.41) is 8.83. The molecule has 0 amide bonds. The molecule has 0 radical (unpaired) electrons. The Morgan fingerprint density at radius 1 is 1.56 bits per heavy atom. The van der Waals surface area contributed by atoms with Gasteiger partial charge in [0.2, 0.25) is 0 Å². The van der Waals surface area contributed by atoms with Crippen LogP contribution in [0.25, 0.3) is 0 Å². The molecule has 16 heavy (non-hydrogen) atoms. The van der Waals surface area contributed by atoms with Gasteiger partial charge in [-0.1, -0.05) is 0 Å². The fourth-order valence-electron chi connectivity index (χ4n) is 1.13. The van der Waals surface area contributed by atoms with Gasteiger partial charge in [0.15, 0.2) is 0 Å². The van der Waals surface area contributed by atoms with E-state index < -0.39 is 11.8 Å². The molecule has 0 spiro atoms. The van der Waals surface area contributed by atoms with Gasteiger partial charge in [-0.25, -0.2) is 9.18 Å². The van der Waals surface area contributed by atoms with Gasteiger partial charge in [-0.15, -0.1) is 11.8 Å². The molecule has 0 aliphatic heterocycles. The molecule has 0 heterocycles. The zero-order valence-electron chi connectivity index (χ0n) is 8.79. The number of ether oxygens (including phenoxy) is 1. The molecule has 0 saturated heterocycles.